The van der Waals surface area contributed by atoms with Crippen molar-refractivity contribution < 1.29 is 28.7 Å². The molecule has 1 saturated heterocycles. The second-order valence-electron chi connectivity index (χ2n) is 8.18. The van der Waals surface area contributed by atoms with E-state index >= 15 is 0 Å². The van der Waals surface area contributed by atoms with Gasteiger partial charge in [-0.05, 0) is 23.1 Å². The average Bonchev–Trinajstić information content (AvgIpc) is 2.92. The highest BCUT2D eigenvalue weighted by molar-refractivity contribution is 8.14. The Morgan fingerprint density at radius 3 is 2.34 bits per heavy atom. The van der Waals surface area contributed by atoms with E-state index in [9.17, 15) is 19.2 Å². The summed E-state index contributed by atoms with van der Waals surface area (Å²) >= 11 is 19.4. The molecule has 38 heavy (non-hydrogen) atoms. The van der Waals surface area contributed by atoms with Crippen LogP contribution in [-0.2, 0) is 19.1 Å². The third-order valence-corrected chi connectivity index (χ3v) is 8.00. The Balaban J connectivity index is 1.43. The zero-order valence-corrected chi connectivity index (χ0v) is 23.5. The minimum atomic E-state index is -1.84. The van der Waals surface area contributed by atoms with Crippen molar-refractivity contribution >= 4 is 81.2 Å². The molecule has 2 aliphatic rings. The molecule has 3 atom stereocenters. The molecule has 1 fully saturated rings. The molecule has 2 aromatic carbocycles. The lowest BCUT2D eigenvalue weighted by molar-refractivity contribution is -0.163. The van der Waals surface area contributed by atoms with Gasteiger partial charge in [-0.25, -0.2) is 4.79 Å². The number of fused-ring (bicyclic) bond motifs is 1. The first-order valence-corrected chi connectivity index (χ1v) is 14.3. The summed E-state index contributed by atoms with van der Waals surface area (Å²) in [4.78, 5) is 52.5. The van der Waals surface area contributed by atoms with Gasteiger partial charge in [-0.2, -0.15) is 0 Å². The predicted octanol–water partition coefficient (Wildman–Crippen LogP) is 4.20. The number of para-hydroxylation sites is 1. The SMILES string of the molecule is O=C(COc1ccccc1)NC1C(=O)N2C(C(=O)OCC(Cl)(Cl)Cl)C(CSC(=O)c3ccccc3)=CS[C@@H]12. The highest BCUT2D eigenvalue weighted by Gasteiger charge is 2.56. The molecular formula is C25H21Cl3N2O6S2. The maximum atomic E-state index is 13.1. The van der Waals surface area contributed by atoms with Crippen LogP contribution in [0.3, 0.4) is 0 Å². The van der Waals surface area contributed by atoms with Gasteiger partial charge in [0.05, 0.1) is 0 Å². The van der Waals surface area contributed by atoms with E-state index in [1.165, 1.54) is 16.7 Å². The second-order valence-corrected chi connectivity index (χ2v) is 12.6. The number of nitrogens with one attached hydrogen (secondary N) is 1. The number of esters is 1. The van der Waals surface area contributed by atoms with Crippen molar-refractivity contribution in [1.82, 2.24) is 10.2 Å². The molecule has 200 valence electrons. The smallest absolute Gasteiger partial charge is 0.333 e. The van der Waals surface area contributed by atoms with E-state index < -0.39 is 45.6 Å². The summed E-state index contributed by atoms with van der Waals surface area (Å²) in [6.07, 6.45) is 0. The van der Waals surface area contributed by atoms with E-state index in [2.05, 4.69) is 5.32 Å². The summed E-state index contributed by atoms with van der Waals surface area (Å²) in [5, 5.41) is 3.61. The van der Waals surface area contributed by atoms with Crippen LogP contribution < -0.4 is 10.1 Å². The molecule has 8 nitrogen and oxygen atoms in total. The minimum Gasteiger partial charge on any atom is -0.484 e. The Hall–Kier alpha value is -2.37. The Labute approximate surface area is 242 Å². The number of nitrogens with zero attached hydrogens (tertiary/aromatic N) is 1. The zero-order valence-electron chi connectivity index (χ0n) is 19.6. The quantitative estimate of drug-likeness (QED) is 0.254. The first-order valence-electron chi connectivity index (χ1n) is 11.2. The average molecular weight is 616 g/mol. The third-order valence-electron chi connectivity index (χ3n) is 5.48. The monoisotopic (exact) mass is 614 g/mol. The predicted molar refractivity (Wildman–Crippen MR) is 148 cm³/mol. The van der Waals surface area contributed by atoms with E-state index in [-0.39, 0.29) is 17.5 Å². The van der Waals surface area contributed by atoms with Gasteiger partial charge >= 0.3 is 5.97 Å². The van der Waals surface area contributed by atoms with E-state index in [1.54, 1.807) is 60.0 Å². The number of alkyl halides is 3. The van der Waals surface area contributed by atoms with Gasteiger partial charge in [0.25, 0.3) is 5.91 Å². The number of hydrogen-bond acceptors (Lipinski definition) is 8. The van der Waals surface area contributed by atoms with E-state index in [4.69, 9.17) is 44.3 Å². The van der Waals surface area contributed by atoms with Crippen LogP contribution in [0.15, 0.2) is 71.6 Å². The molecule has 4 rings (SSSR count). The number of β-lactam (4-membered cyclic amide) rings is 1. The summed E-state index contributed by atoms with van der Waals surface area (Å²) in [7, 11) is 0. The Bertz CT molecular complexity index is 1230. The number of benzene rings is 2. The molecule has 2 aromatic rings. The zero-order chi connectivity index (χ0) is 27.3. The molecule has 0 radical (unpaired) electrons. The van der Waals surface area contributed by atoms with Crippen molar-refractivity contribution in [3.05, 3.63) is 77.2 Å². The van der Waals surface area contributed by atoms with Crippen LogP contribution in [0.1, 0.15) is 10.4 Å². The van der Waals surface area contributed by atoms with Crippen molar-refractivity contribution in [2.45, 2.75) is 21.3 Å². The minimum absolute atomic E-state index is 0.132. The van der Waals surface area contributed by atoms with Crippen molar-refractivity contribution in [3.63, 3.8) is 0 Å². The van der Waals surface area contributed by atoms with Crippen LogP contribution >= 0.6 is 58.3 Å². The Morgan fingerprint density at radius 2 is 1.68 bits per heavy atom. The standard InChI is InChI=1S/C25H21Cl3N2O6S2/c26-25(27,28)14-36-23(33)20-16(13-38-24(34)15-7-3-1-4-8-15)12-37-22-19(21(32)30(20)22)29-18(31)11-35-17-9-5-2-6-10-17/h1-10,12,19-20,22H,11,13-14H2,(H,29,31)/t19?,20?,22-/m0/s1. The molecule has 13 heteroatoms. The number of amides is 2. The highest BCUT2D eigenvalue weighted by Crippen LogP contribution is 2.41. The molecule has 2 amide bonds. The van der Waals surface area contributed by atoms with Crippen molar-refractivity contribution in [2.24, 2.45) is 0 Å². The summed E-state index contributed by atoms with van der Waals surface area (Å²) < 4.78 is 8.79. The van der Waals surface area contributed by atoms with Crippen LogP contribution in [0.25, 0.3) is 0 Å². The molecule has 2 aliphatic heterocycles. The lowest BCUT2D eigenvalue weighted by Gasteiger charge is -2.51. The van der Waals surface area contributed by atoms with Crippen molar-refractivity contribution in [3.8, 4) is 5.75 Å². The Morgan fingerprint density at radius 1 is 1.03 bits per heavy atom. The number of rotatable bonds is 9. The van der Waals surface area contributed by atoms with Gasteiger partial charge in [0.15, 0.2) is 12.6 Å². The molecule has 1 N–H and O–H groups in total. The van der Waals surface area contributed by atoms with Crippen LogP contribution in [0.4, 0.5) is 0 Å². The van der Waals surface area contributed by atoms with Crippen molar-refractivity contribution in [1.29, 1.82) is 0 Å². The molecule has 0 spiro atoms. The number of carbonyl (C=O) groups excluding carboxylic acids is 4. The largest absolute Gasteiger partial charge is 0.484 e. The first-order chi connectivity index (χ1) is 18.1. The first kappa shape index (κ1) is 28.6. The van der Waals surface area contributed by atoms with Gasteiger partial charge < -0.3 is 19.7 Å². The Kier molecular flexibility index (Phi) is 9.54. The fraction of sp³-hybridized carbons (Fsp3) is 0.280. The van der Waals surface area contributed by atoms with Crippen LogP contribution in [0.5, 0.6) is 5.75 Å². The molecular weight excluding hydrogens is 595 g/mol. The van der Waals surface area contributed by atoms with Gasteiger partial charge in [0.2, 0.25) is 14.8 Å². The third kappa shape index (κ3) is 7.18. The van der Waals surface area contributed by atoms with Gasteiger partial charge in [-0.3, -0.25) is 14.4 Å². The summed E-state index contributed by atoms with van der Waals surface area (Å²) in [6, 6.07) is 15.5. The molecule has 2 heterocycles. The number of carbonyl (C=O) groups is 4. The fourth-order valence-corrected chi connectivity index (χ4v) is 6.07. The summed E-state index contributed by atoms with van der Waals surface area (Å²) in [5.74, 6) is -1.11. The lowest BCUT2D eigenvalue weighted by atomic mass is 9.98. The number of hydrogen-bond donors (Lipinski definition) is 1. The van der Waals surface area contributed by atoms with Gasteiger partial charge in [-0.15, -0.1) is 11.8 Å². The highest BCUT2D eigenvalue weighted by atomic mass is 35.6. The topological polar surface area (TPSA) is 102 Å². The molecule has 0 bridgehead atoms. The van der Waals surface area contributed by atoms with Crippen LogP contribution in [0.2, 0.25) is 0 Å². The maximum absolute atomic E-state index is 13.1. The van der Waals surface area contributed by atoms with E-state index in [1.807, 2.05) is 6.07 Å². The number of thioether (sulfide) groups is 2. The van der Waals surface area contributed by atoms with Crippen LogP contribution in [0, 0.1) is 0 Å². The lowest BCUT2D eigenvalue weighted by Crippen LogP contribution is -2.74. The molecule has 0 saturated carbocycles. The maximum Gasteiger partial charge on any atom is 0.333 e. The summed E-state index contributed by atoms with van der Waals surface area (Å²) in [6.45, 7) is -0.799. The van der Waals surface area contributed by atoms with Gasteiger partial charge in [0.1, 0.15) is 23.8 Å². The van der Waals surface area contributed by atoms with Gasteiger partial charge in [0, 0.05) is 11.3 Å². The summed E-state index contributed by atoms with van der Waals surface area (Å²) in [5.41, 5.74) is 0.996. The second kappa shape index (κ2) is 12.7. The van der Waals surface area contributed by atoms with Gasteiger partial charge in [-0.1, -0.05) is 95.1 Å². The van der Waals surface area contributed by atoms with Crippen LogP contribution in [-0.4, -0.2) is 68.0 Å². The molecule has 0 aromatic heterocycles. The normalized spacial score (nSPS) is 20.5. The number of halogens is 3. The fourth-order valence-electron chi connectivity index (χ4n) is 3.73. The van der Waals surface area contributed by atoms with E-state index in [0.29, 0.717) is 16.9 Å². The molecule has 2 unspecified atom stereocenters. The van der Waals surface area contributed by atoms with Crippen molar-refractivity contribution in [2.75, 3.05) is 19.0 Å². The molecule has 0 aliphatic carbocycles. The number of ether oxygens (including phenoxy) is 2. The van der Waals surface area contributed by atoms with E-state index in [0.717, 1.165) is 11.8 Å².